The molecule has 24 heavy (non-hydrogen) atoms. The topological polar surface area (TPSA) is 67.2 Å². The molecule has 1 amide bonds. The summed E-state index contributed by atoms with van der Waals surface area (Å²) >= 11 is 0. The molecule has 124 valence electrons. The number of aliphatic hydroxyl groups excluding tert-OH is 1. The van der Waals surface area contributed by atoms with Crippen LogP contribution in [0, 0.1) is 6.92 Å². The first-order chi connectivity index (χ1) is 11.5. The number of rotatable bonds is 5. The van der Waals surface area contributed by atoms with E-state index in [1.807, 2.05) is 54.9 Å². The van der Waals surface area contributed by atoms with Crippen LogP contribution in [-0.2, 0) is 13.5 Å². The van der Waals surface area contributed by atoms with Gasteiger partial charge in [-0.2, -0.15) is 0 Å². The van der Waals surface area contributed by atoms with Gasteiger partial charge >= 0.3 is 0 Å². The minimum Gasteiger partial charge on any atom is -0.391 e. The standard InChI is InChI=1S/C19H21N3O2/c1-13-21-17-11-15(8-9-18(17)22(13)2)19(24)20-12-16(23)10-14-6-4-3-5-7-14/h3-9,11,16,23H,10,12H2,1-2H3,(H,20,24). The maximum Gasteiger partial charge on any atom is 0.251 e. The molecule has 0 saturated carbocycles. The predicted molar refractivity (Wildman–Crippen MR) is 93.9 cm³/mol. The van der Waals surface area contributed by atoms with Crippen LogP contribution in [0.25, 0.3) is 11.0 Å². The summed E-state index contributed by atoms with van der Waals surface area (Å²) in [7, 11) is 1.95. The quantitative estimate of drug-likeness (QED) is 0.756. The van der Waals surface area contributed by atoms with Crippen molar-refractivity contribution in [2.45, 2.75) is 19.4 Å². The molecular formula is C19H21N3O2. The largest absolute Gasteiger partial charge is 0.391 e. The number of aliphatic hydroxyl groups is 1. The van der Waals surface area contributed by atoms with Crippen molar-refractivity contribution >= 4 is 16.9 Å². The lowest BCUT2D eigenvalue weighted by Crippen LogP contribution is -2.33. The van der Waals surface area contributed by atoms with Gasteiger partial charge in [-0.15, -0.1) is 0 Å². The molecule has 5 heteroatoms. The van der Waals surface area contributed by atoms with E-state index in [1.165, 1.54) is 0 Å². The van der Waals surface area contributed by atoms with E-state index in [0.29, 0.717) is 12.0 Å². The SMILES string of the molecule is Cc1nc2cc(C(=O)NCC(O)Cc3ccccc3)ccc2n1C. The van der Waals surface area contributed by atoms with E-state index < -0.39 is 6.10 Å². The van der Waals surface area contributed by atoms with Gasteiger partial charge in [0.25, 0.3) is 5.91 Å². The monoisotopic (exact) mass is 323 g/mol. The second-order valence-corrected chi connectivity index (χ2v) is 5.98. The zero-order valence-corrected chi connectivity index (χ0v) is 13.9. The number of nitrogens with zero attached hydrogens (tertiary/aromatic N) is 2. The van der Waals surface area contributed by atoms with Gasteiger partial charge in [-0.05, 0) is 30.7 Å². The van der Waals surface area contributed by atoms with Gasteiger partial charge in [0.1, 0.15) is 5.82 Å². The van der Waals surface area contributed by atoms with E-state index >= 15 is 0 Å². The smallest absolute Gasteiger partial charge is 0.251 e. The molecule has 0 aliphatic carbocycles. The van der Waals surface area contributed by atoms with Crippen LogP contribution in [0.4, 0.5) is 0 Å². The van der Waals surface area contributed by atoms with Crippen LogP contribution in [0.3, 0.4) is 0 Å². The van der Waals surface area contributed by atoms with Crippen molar-refractivity contribution in [2.24, 2.45) is 7.05 Å². The highest BCUT2D eigenvalue weighted by atomic mass is 16.3. The van der Waals surface area contributed by atoms with Crippen molar-refractivity contribution in [3.05, 3.63) is 65.5 Å². The van der Waals surface area contributed by atoms with Gasteiger partial charge in [0, 0.05) is 25.6 Å². The Bertz CT molecular complexity index is 856. The Labute approximate surface area is 141 Å². The van der Waals surface area contributed by atoms with Crippen molar-refractivity contribution in [1.29, 1.82) is 0 Å². The molecule has 3 rings (SSSR count). The average molecular weight is 323 g/mol. The first-order valence-corrected chi connectivity index (χ1v) is 7.98. The van der Waals surface area contributed by atoms with Gasteiger partial charge in [0.05, 0.1) is 17.1 Å². The summed E-state index contributed by atoms with van der Waals surface area (Å²) in [4.78, 5) is 16.7. The van der Waals surface area contributed by atoms with Gasteiger partial charge in [-0.25, -0.2) is 4.98 Å². The number of aryl methyl sites for hydroxylation is 2. The molecule has 1 heterocycles. The number of carbonyl (C=O) groups excluding carboxylic acids is 1. The average Bonchev–Trinajstić information content (AvgIpc) is 2.87. The van der Waals surface area contributed by atoms with Crippen LogP contribution in [-0.4, -0.2) is 33.2 Å². The summed E-state index contributed by atoms with van der Waals surface area (Å²) in [6.45, 7) is 2.15. The van der Waals surface area contributed by atoms with E-state index in [1.54, 1.807) is 12.1 Å². The molecule has 1 atom stereocenters. The molecule has 0 fully saturated rings. The third-order valence-corrected chi connectivity index (χ3v) is 4.18. The molecule has 2 aromatic carbocycles. The maximum atomic E-state index is 12.3. The van der Waals surface area contributed by atoms with Crippen molar-refractivity contribution in [3.63, 3.8) is 0 Å². The lowest BCUT2D eigenvalue weighted by Gasteiger charge is -2.12. The molecule has 1 unspecified atom stereocenters. The van der Waals surface area contributed by atoms with Gasteiger partial charge < -0.3 is 15.0 Å². The molecule has 0 aliphatic heterocycles. The van der Waals surface area contributed by atoms with Gasteiger partial charge in [-0.1, -0.05) is 30.3 Å². The van der Waals surface area contributed by atoms with E-state index in [-0.39, 0.29) is 12.5 Å². The Kier molecular flexibility index (Phi) is 4.62. The van der Waals surface area contributed by atoms with Gasteiger partial charge in [0.2, 0.25) is 0 Å². The third-order valence-electron chi connectivity index (χ3n) is 4.18. The number of aromatic nitrogens is 2. The van der Waals surface area contributed by atoms with Crippen LogP contribution >= 0.6 is 0 Å². The Balaban J connectivity index is 1.62. The highest BCUT2D eigenvalue weighted by molar-refractivity contribution is 5.97. The summed E-state index contributed by atoms with van der Waals surface area (Å²) in [6, 6.07) is 15.2. The molecule has 0 saturated heterocycles. The number of benzene rings is 2. The van der Waals surface area contributed by atoms with Crippen LogP contribution < -0.4 is 5.32 Å². The Morgan fingerprint density at radius 2 is 2.00 bits per heavy atom. The fraction of sp³-hybridized carbons (Fsp3) is 0.263. The van der Waals surface area contributed by atoms with Crippen molar-refractivity contribution in [3.8, 4) is 0 Å². The molecule has 5 nitrogen and oxygen atoms in total. The fourth-order valence-corrected chi connectivity index (χ4v) is 2.73. The van der Waals surface area contributed by atoms with Crippen LogP contribution in [0.1, 0.15) is 21.7 Å². The predicted octanol–water partition coefficient (Wildman–Crippen LogP) is 2.22. The van der Waals surface area contributed by atoms with Gasteiger partial charge in [0.15, 0.2) is 0 Å². The molecular weight excluding hydrogens is 302 g/mol. The first kappa shape index (κ1) is 16.2. The Hall–Kier alpha value is -2.66. The summed E-state index contributed by atoms with van der Waals surface area (Å²) < 4.78 is 1.99. The lowest BCUT2D eigenvalue weighted by atomic mass is 10.1. The second-order valence-electron chi connectivity index (χ2n) is 5.98. The molecule has 1 aromatic heterocycles. The minimum atomic E-state index is -0.614. The molecule has 0 bridgehead atoms. The molecule has 0 radical (unpaired) electrons. The Morgan fingerprint density at radius 3 is 2.75 bits per heavy atom. The second kappa shape index (κ2) is 6.84. The fourth-order valence-electron chi connectivity index (χ4n) is 2.73. The van der Waals surface area contributed by atoms with Crippen molar-refractivity contribution in [2.75, 3.05) is 6.54 Å². The number of fused-ring (bicyclic) bond motifs is 1. The maximum absolute atomic E-state index is 12.3. The normalized spacial score (nSPS) is 12.3. The first-order valence-electron chi connectivity index (χ1n) is 7.98. The molecule has 0 spiro atoms. The molecule has 2 N–H and O–H groups in total. The van der Waals surface area contributed by atoms with E-state index in [9.17, 15) is 9.90 Å². The van der Waals surface area contributed by atoms with Crippen LogP contribution in [0.15, 0.2) is 48.5 Å². The number of hydrogen-bond acceptors (Lipinski definition) is 3. The van der Waals surface area contributed by atoms with Crippen molar-refractivity contribution in [1.82, 2.24) is 14.9 Å². The van der Waals surface area contributed by atoms with E-state index in [0.717, 1.165) is 22.4 Å². The molecule has 0 aliphatic rings. The van der Waals surface area contributed by atoms with E-state index in [4.69, 9.17) is 0 Å². The third kappa shape index (κ3) is 3.46. The number of hydrogen-bond donors (Lipinski definition) is 2. The number of nitrogens with one attached hydrogen (secondary N) is 1. The van der Waals surface area contributed by atoms with Crippen LogP contribution in [0.5, 0.6) is 0 Å². The molecule has 3 aromatic rings. The van der Waals surface area contributed by atoms with E-state index in [2.05, 4.69) is 10.3 Å². The summed E-state index contributed by atoms with van der Waals surface area (Å²) in [5.41, 5.74) is 3.39. The number of carbonyl (C=O) groups is 1. The Morgan fingerprint density at radius 1 is 1.25 bits per heavy atom. The zero-order chi connectivity index (χ0) is 17.1. The summed E-state index contributed by atoms with van der Waals surface area (Å²) in [6.07, 6.45) is -0.100. The van der Waals surface area contributed by atoms with Gasteiger partial charge in [-0.3, -0.25) is 4.79 Å². The number of amides is 1. The summed E-state index contributed by atoms with van der Waals surface area (Å²) in [5, 5.41) is 12.9. The highest BCUT2D eigenvalue weighted by Gasteiger charge is 2.12. The minimum absolute atomic E-state index is 0.202. The lowest BCUT2D eigenvalue weighted by molar-refractivity contribution is 0.0916. The van der Waals surface area contributed by atoms with Crippen molar-refractivity contribution < 1.29 is 9.90 Å². The highest BCUT2D eigenvalue weighted by Crippen LogP contribution is 2.16. The summed E-state index contributed by atoms with van der Waals surface area (Å²) in [5.74, 6) is 0.702. The zero-order valence-electron chi connectivity index (χ0n) is 13.9. The number of imidazole rings is 1. The van der Waals surface area contributed by atoms with Crippen LogP contribution in [0.2, 0.25) is 0 Å².